The number of benzene rings is 1. The maximum absolute atomic E-state index is 13.7. The first-order valence-corrected chi connectivity index (χ1v) is 4.69. The quantitative estimate of drug-likeness (QED) is 0.780. The van der Waals surface area contributed by atoms with E-state index in [-0.39, 0.29) is 11.6 Å². The van der Waals surface area contributed by atoms with E-state index < -0.39 is 11.8 Å². The molecule has 0 spiro atoms. The van der Waals surface area contributed by atoms with Crippen LogP contribution in [-0.2, 0) is 4.74 Å². The van der Waals surface area contributed by atoms with Gasteiger partial charge in [0.25, 0.3) is 0 Å². The van der Waals surface area contributed by atoms with Crippen LogP contribution < -0.4 is 5.32 Å². The summed E-state index contributed by atoms with van der Waals surface area (Å²) in [6.07, 6.45) is 0. The van der Waals surface area contributed by atoms with Crippen LogP contribution in [0.3, 0.4) is 0 Å². The number of esters is 1. The molecule has 0 aliphatic carbocycles. The Hall–Kier alpha value is -1.58. The second-order valence-corrected chi connectivity index (χ2v) is 3.46. The zero-order valence-corrected chi connectivity index (χ0v) is 9.00. The zero-order valence-electron chi connectivity index (χ0n) is 9.00. The van der Waals surface area contributed by atoms with Crippen molar-refractivity contribution in [3.8, 4) is 0 Å². The average molecular weight is 211 g/mol. The van der Waals surface area contributed by atoms with Crippen molar-refractivity contribution >= 4 is 11.7 Å². The highest BCUT2D eigenvalue weighted by Gasteiger charge is 2.15. The zero-order chi connectivity index (χ0) is 11.4. The van der Waals surface area contributed by atoms with Crippen molar-refractivity contribution in [1.29, 1.82) is 0 Å². The standard InChI is InChI=1S/C11H14FNO2/c1-7(2)13-9-6-4-5-8(10(9)12)11(14)15-3/h4-7,13H,1-3H3. The van der Waals surface area contributed by atoms with Gasteiger partial charge in [0.1, 0.15) is 0 Å². The minimum Gasteiger partial charge on any atom is -0.465 e. The summed E-state index contributed by atoms with van der Waals surface area (Å²) in [7, 11) is 1.23. The number of carbonyl (C=O) groups excluding carboxylic acids is 1. The number of nitrogens with one attached hydrogen (secondary N) is 1. The van der Waals surface area contributed by atoms with E-state index in [0.717, 1.165) is 0 Å². The molecule has 0 fully saturated rings. The van der Waals surface area contributed by atoms with Crippen molar-refractivity contribution in [2.24, 2.45) is 0 Å². The summed E-state index contributed by atoms with van der Waals surface area (Å²) in [6, 6.07) is 4.70. The van der Waals surface area contributed by atoms with E-state index in [4.69, 9.17) is 0 Å². The Balaban J connectivity index is 3.05. The van der Waals surface area contributed by atoms with Crippen molar-refractivity contribution in [2.45, 2.75) is 19.9 Å². The van der Waals surface area contributed by atoms with E-state index in [9.17, 15) is 9.18 Å². The van der Waals surface area contributed by atoms with Crippen LogP contribution in [0.5, 0.6) is 0 Å². The number of hydrogen-bond donors (Lipinski definition) is 1. The van der Waals surface area contributed by atoms with E-state index >= 15 is 0 Å². The van der Waals surface area contributed by atoms with Crippen molar-refractivity contribution in [2.75, 3.05) is 12.4 Å². The SMILES string of the molecule is COC(=O)c1cccc(NC(C)C)c1F. The van der Waals surface area contributed by atoms with E-state index in [1.807, 2.05) is 13.8 Å². The first-order valence-electron chi connectivity index (χ1n) is 4.69. The molecule has 0 amide bonds. The highest BCUT2D eigenvalue weighted by molar-refractivity contribution is 5.90. The Morgan fingerprint density at radius 1 is 1.47 bits per heavy atom. The summed E-state index contributed by atoms with van der Waals surface area (Å²) in [5.41, 5.74) is 0.260. The third-order valence-electron chi connectivity index (χ3n) is 1.85. The molecule has 0 heterocycles. The highest BCUT2D eigenvalue weighted by atomic mass is 19.1. The summed E-state index contributed by atoms with van der Waals surface area (Å²) in [5.74, 6) is -1.24. The van der Waals surface area contributed by atoms with Gasteiger partial charge in [-0.25, -0.2) is 9.18 Å². The molecule has 0 bridgehead atoms. The summed E-state index contributed by atoms with van der Waals surface area (Å²) in [6.45, 7) is 3.79. The summed E-state index contributed by atoms with van der Waals surface area (Å²) < 4.78 is 18.2. The van der Waals surface area contributed by atoms with Crippen LogP contribution in [0.1, 0.15) is 24.2 Å². The maximum atomic E-state index is 13.7. The van der Waals surface area contributed by atoms with Gasteiger partial charge in [-0.15, -0.1) is 0 Å². The molecular formula is C11H14FNO2. The number of hydrogen-bond acceptors (Lipinski definition) is 3. The lowest BCUT2D eigenvalue weighted by Crippen LogP contribution is -2.13. The fourth-order valence-corrected chi connectivity index (χ4v) is 1.22. The monoisotopic (exact) mass is 211 g/mol. The molecule has 0 saturated heterocycles. The molecule has 82 valence electrons. The molecule has 1 aromatic carbocycles. The Morgan fingerprint density at radius 2 is 2.13 bits per heavy atom. The largest absolute Gasteiger partial charge is 0.465 e. The predicted molar refractivity (Wildman–Crippen MR) is 56.5 cm³/mol. The Kier molecular flexibility index (Phi) is 3.66. The molecule has 1 N–H and O–H groups in total. The normalized spacial score (nSPS) is 10.2. The Labute approximate surface area is 88.2 Å². The van der Waals surface area contributed by atoms with Gasteiger partial charge in [0.2, 0.25) is 0 Å². The number of ether oxygens (including phenoxy) is 1. The summed E-state index contributed by atoms with van der Waals surface area (Å²) in [4.78, 5) is 11.2. The number of anilines is 1. The third kappa shape index (κ3) is 2.68. The lowest BCUT2D eigenvalue weighted by Gasteiger charge is -2.12. The molecule has 0 unspecified atom stereocenters. The topological polar surface area (TPSA) is 38.3 Å². The van der Waals surface area contributed by atoms with E-state index in [1.54, 1.807) is 12.1 Å². The van der Waals surface area contributed by atoms with Gasteiger partial charge >= 0.3 is 5.97 Å². The Bertz CT molecular complexity index is 364. The van der Waals surface area contributed by atoms with E-state index in [2.05, 4.69) is 10.1 Å². The Morgan fingerprint density at radius 3 is 2.67 bits per heavy atom. The summed E-state index contributed by atoms with van der Waals surface area (Å²) in [5, 5.41) is 2.91. The molecule has 1 rings (SSSR count). The smallest absolute Gasteiger partial charge is 0.340 e. The van der Waals surface area contributed by atoms with Crippen LogP contribution in [-0.4, -0.2) is 19.1 Å². The lowest BCUT2D eigenvalue weighted by molar-refractivity contribution is 0.0595. The second-order valence-electron chi connectivity index (χ2n) is 3.46. The van der Waals surface area contributed by atoms with Gasteiger partial charge in [-0.05, 0) is 26.0 Å². The minimum atomic E-state index is -0.667. The molecule has 4 heteroatoms. The van der Waals surface area contributed by atoms with Gasteiger partial charge in [-0.1, -0.05) is 6.07 Å². The van der Waals surface area contributed by atoms with Gasteiger partial charge in [-0.2, -0.15) is 0 Å². The molecule has 0 aliphatic heterocycles. The molecular weight excluding hydrogens is 197 g/mol. The van der Waals surface area contributed by atoms with Crippen LogP contribution >= 0.6 is 0 Å². The first kappa shape index (κ1) is 11.5. The van der Waals surface area contributed by atoms with Gasteiger partial charge in [0, 0.05) is 6.04 Å². The first-order chi connectivity index (χ1) is 7.06. The van der Waals surface area contributed by atoms with Crippen LogP contribution in [0.4, 0.5) is 10.1 Å². The van der Waals surface area contributed by atoms with Gasteiger partial charge in [0.15, 0.2) is 5.82 Å². The van der Waals surface area contributed by atoms with Crippen molar-refractivity contribution in [3.63, 3.8) is 0 Å². The number of carbonyl (C=O) groups is 1. The van der Waals surface area contributed by atoms with Crippen LogP contribution in [0.25, 0.3) is 0 Å². The van der Waals surface area contributed by atoms with E-state index in [0.29, 0.717) is 5.69 Å². The molecule has 3 nitrogen and oxygen atoms in total. The van der Waals surface area contributed by atoms with Gasteiger partial charge in [0.05, 0.1) is 18.4 Å². The predicted octanol–water partition coefficient (Wildman–Crippen LogP) is 2.43. The molecule has 15 heavy (non-hydrogen) atoms. The van der Waals surface area contributed by atoms with Gasteiger partial charge in [-0.3, -0.25) is 0 Å². The average Bonchev–Trinajstić information content (AvgIpc) is 2.19. The highest BCUT2D eigenvalue weighted by Crippen LogP contribution is 2.19. The fraction of sp³-hybridized carbons (Fsp3) is 0.364. The minimum absolute atomic E-state index is 0.0526. The van der Waals surface area contributed by atoms with Crippen LogP contribution in [0.2, 0.25) is 0 Å². The van der Waals surface area contributed by atoms with Gasteiger partial charge < -0.3 is 10.1 Å². The molecule has 0 atom stereocenters. The van der Waals surface area contributed by atoms with Crippen LogP contribution in [0, 0.1) is 5.82 Å². The molecule has 0 aliphatic rings. The summed E-state index contributed by atoms with van der Waals surface area (Å²) >= 11 is 0. The van der Waals surface area contributed by atoms with Crippen molar-refractivity contribution in [3.05, 3.63) is 29.6 Å². The molecule has 1 aromatic rings. The maximum Gasteiger partial charge on any atom is 0.340 e. The third-order valence-corrected chi connectivity index (χ3v) is 1.85. The van der Waals surface area contributed by atoms with Crippen molar-refractivity contribution < 1.29 is 13.9 Å². The van der Waals surface area contributed by atoms with E-state index in [1.165, 1.54) is 13.2 Å². The second kappa shape index (κ2) is 4.77. The molecule has 0 aromatic heterocycles. The molecule has 0 radical (unpaired) electrons. The fourth-order valence-electron chi connectivity index (χ4n) is 1.22. The number of rotatable bonds is 3. The van der Waals surface area contributed by atoms with Crippen LogP contribution in [0.15, 0.2) is 18.2 Å². The molecule has 0 saturated carbocycles. The lowest BCUT2D eigenvalue weighted by atomic mass is 10.1. The number of methoxy groups -OCH3 is 1. The number of halogens is 1. The van der Waals surface area contributed by atoms with Crippen molar-refractivity contribution in [1.82, 2.24) is 0 Å².